The molecule has 0 bridgehead atoms. The number of nitrogens with zero attached hydrogens (tertiary/aromatic N) is 2. The van der Waals surface area contributed by atoms with Gasteiger partial charge in [-0.15, -0.1) is 24.0 Å². The molecule has 1 aliphatic carbocycles. The molecule has 2 N–H and O–H groups in total. The summed E-state index contributed by atoms with van der Waals surface area (Å²) in [5, 5.41) is 8.01. The van der Waals surface area contributed by atoms with Gasteiger partial charge < -0.3 is 15.4 Å². The van der Waals surface area contributed by atoms with Crippen molar-refractivity contribution in [3.63, 3.8) is 0 Å². The van der Waals surface area contributed by atoms with Crippen LogP contribution in [0.25, 0.3) is 0 Å². The highest BCUT2D eigenvalue weighted by molar-refractivity contribution is 14.0. The predicted molar refractivity (Wildman–Crippen MR) is 131 cm³/mol. The number of hydrogen-bond acceptors (Lipinski definition) is 4. The Labute approximate surface area is 191 Å². The number of nitrogens with one attached hydrogen (secondary N) is 2. The number of rotatable bonds is 7. The van der Waals surface area contributed by atoms with Gasteiger partial charge >= 0.3 is 0 Å². The van der Waals surface area contributed by atoms with E-state index < -0.39 is 0 Å². The molecule has 7 heteroatoms. The normalized spacial score (nSPS) is 23.9. The predicted octanol–water partition coefficient (Wildman–Crippen LogP) is 3.90. The molecular formula is C21H35IN4OS. The molecule has 1 aromatic carbocycles. The van der Waals surface area contributed by atoms with Crippen LogP contribution in [0.2, 0.25) is 0 Å². The molecule has 158 valence electrons. The van der Waals surface area contributed by atoms with Gasteiger partial charge in [0.1, 0.15) is 5.75 Å². The standard InChI is InChI=1S/C21H34N4OS.HI/c1-22-21(24-16-10-11-17(14-16)27-3)23-15-19(25-12-6-7-13-25)18-8-4-5-9-20(18)26-2;/h4-5,8-9,16-17,19H,6-7,10-15H2,1-3H3,(H2,22,23,24);1H. The number of benzene rings is 1. The Bertz CT molecular complexity index is 624. The van der Waals surface area contributed by atoms with E-state index in [0.717, 1.165) is 36.6 Å². The smallest absolute Gasteiger partial charge is 0.191 e. The number of hydrogen-bond donors (Lipinski definition) is 2. The van der Waals surface area contributed by atoms with Crippen LogP contribution in [0.1, 0.15) is 43.7 Å². The van der Waals surface area contributed by atoms with E-state index in [2.05, 4.69) is 45.0 Å². The summed E-state index contributed by atoms with van der Waals surface area (Å²) >= 11 is 1.99. The van der Waals surface area contributed by atoms with Gasteiger partial charge in [0.25, 0.3) is 0 Å². The number of aliphatic imine (C=N–C) groups is 1. The number of methoxy groups -OCH3 is 1. The van der Waals surface area contributed by atoms with Crippen LogP contribution in [0.3, 0.4) is 0 Å². The minimum Gasteiger partial charge on any atom is -0.496 e. The molecule has 3 unspecified atom stereocenters. The minimum absolute atomic E-state index is 0. The highest BCUT2D eigenvalue weighted by atomic mass is 127. The molecule has 3 rings (SSSR count). The third-order valence-electron chi connectivity index (χ3n) is 5.82. The van der Waals surface area contributed by atoms with Crippen molar-refractivity contribution in [3.05, 3.63) is 29.8 Å². The van der Waals surface area contributed by atoms with Crippen molar-refractivity contribution in [3.8, 4) is 5.75 Å². The molecule has 3 atom stereocenters. The number of ether oxygens (including phenoxy) is 1. The molecule has 28 heavy (non-hydrogen) atoms. The maximum Gasteiger partial charge on any atom is 0.191 e. The maximum absolute atomic E-state index is 5.65. The molecule has 0 spiro atoms. The van der Waals surface area contributed by atoms with Gasteiger partial charge in [0.05, 0.1) is 13.2 Å². The monoisotopic (exact) mass is 518 g/mol. The first-order valence-electron chi connectivity index (χ1n) is 10.1. The topological polar surface area (TPSA) is 48.9 Å². The summed E-state index contributed by atoms with van der Waals surface area (Å²) in [6, 6.07) is 9.23. The van der Waals surface area contributed by atoms with E-state index in [1.54, 1.807) is 7.11 Å². The summed E-state index contributed by atoms with van der Waals surface area (Å²) in [7, 11) is 3.63. The molecule has 2 aliphatic rings. The largest absolute Gasteiger partial charge is 0.496 e. The molecule has 2 fully saturated rings. The lowest BCUT2D eigenvalue weighted by Crippen LogP contribution is -2.45. The first-order chi connectivity index (χ1) is 13.2. The number of para-hydroxylation sites is 1. The van der Waals surface area contributed by atoms with Gasteiger partial charge in [-0.05, 0) is 57.5 Å². The van der Waals surface area contributed by atoms with Crippen molar-refractivity contribution in [2.45, 2.75) is 49.4 Å². The zero-order valence-electron chi connectivity index (χ0n) is 17.3. The van der Waals surface area contributed by atoms with Gasteiger partial charge in [-0.1, -0.05) is 18.2 Å². The molecular weight excluding hydrogens is 483 g/mol. The highest BCUT2D eigenvalue weighted by Crippen LogP contribution is 2.31. The fraction of sp³-hybridized carbons (Fsp3) is 0.667. The van der Waals surface area contributed by atoms with Crippen LogP contribution in [-0.2, 0) is 0 Å². The summed E-state index contributed by atoms with van der Waals surface area (Å²) in [4.78, 5) is 7.04. The molecule has 0 radical (unpaired) electrons. The lowest BCUT2D eigenvalue weighted by atomic mass is 10.0. The summed E-state index contributed by atoms with van der Waals surface area (Å²) < 4.78 is 5.65. The fourth-order valence-corrected chi connectivity index (χ4v) is 5.09. The summed E-state index contributed by atoms with van der Waals surface area (Å²) in [6.45, 7) is 3.13. The van der Waals surface area contributed by atoms with E-state index in [9.17, 15) is 0 Å². The quantitative estimate of drug-likeness (QED) is 0.326. The molecule has 0 aromatic heterocycles. The molecule has 1 aliphatic heterocycles. The highest BCUT2D eigenvalue weighted by Gasteiger charge is 2.27. The van der Waals surface area contributed by atoms with E-state index in [-0.39, 0.29) is 24.0 Å². The summed E-state index contributed by atoms with van der Waals surface area (Å²) in [5.41, 5.74) is 1.26. The van der Waals surface area contributed by atoms with E-state index in [0.29, 0.717) is 12.1 Å². The van der Waals surface area contributed by atoms with E-state index in [1.165, 1.54) is 37.7 Å². The molecule has 1 saturated heterocycles. The second kappa shape index (κ2) is 12.1. The van der Waals surface area contributed by atoms with Crippen LogP contribution in [-0.4, -0.2) is 62.2 Å². The van der Waals surface area contributed by atoms with Crippen LogP contribution >= 0.6 is 35.7 Å². The lowest BCUT2D eigenvalue weighted by Gasteiger charge is -2.30. The Morgan fingerprint density at radius 3 is 2.68 bits per heavy atom. The van der Waals surface area contributed by atoms with Gasteiger partial charge in [0.15, 0.2) is 5.96 Å². The van der Waals surface area contributed by atoms with Crippen molar-refractivity contribution >= 4 is 41.7 Å². The maximum atomic E-state index is 5.65. The van der Waals surface area contributed by atoms with Crippen LogP contribution in [0, 0.1) is 0 Å². The van der Waals surface area contributed by atoms with Gasteiger partial charge in [0.2, 0.25) is 0 Å². The van der Waals surface area contributed by atoms with Gasteiger partial charge in [-0.2, -0.15) is 11.8 Å². The Balaban J connectivity index is 0.00000280. The van der Waals surface area contributed by atoms with Gasteiger partial charge in [-0.3, -0.25) is 9.89 Å². The van der Waals surface area contributed by atoms with Crippen LogP contribution in [0.5, 0.6) is 5.75 Å². The van der Waals surface area contributed by atoms with Crippen molar-refractivity contribution < 1.29 is 4.74 Å². The first kappa shape index (κ1) is 23.6. The third-order valence-corrected chi connectivity index (χ3v) is 6.92. The van der Waals surface area contributed by atoms with Crippen molar-refractivity contribution in [1.29, 1.82) is 0 Å². The summed E-state index contributed by atoms with van der Waals surface area (Å²) in [5.74, 6) is 1.89. The molecule has 1 heterocycles. The van der Waals surface area contributed by atoms with Crippen LogP contribution in [0.15, 0.2) is 29.3 Å². The molecule has 1 saturated carbocycles. The van der Waals surface area contributed by atoms with Crippen molar-refractivity contribution in [2.24, 2.45) is 4.99 Å². The average molecular weight is 519 g/mol. The Morgan fingerprint density at radius 2 is 2.04 bits per heavy atom. The first-order valence-corrected chi connectivity index (χ1v) is 11.4. The summed E-state index contributed by atoms with van der Waals surface area (Å²) in [6.07, 6.45) is 8.52. The second-order valence-electron chi connectivity index (χ2n) is 7.47. The Hall–Kier alpha value is -0.670. The van der Waals surface area contributed by atoms with Gasteiger partial charge in [-0.25, -0.2) is 0 Å². The van der Waals surface area contributed by atoms with E-state index in [1.807, 2.05) is 24.9 Å². The number of halogens is 1. The second-order valence-corrected chi connectivity index (χ2v) is 8.60. The number of thioether (sulfide) groups is 1. The third kappa shape index (κ3) is 6.16. The Morgan fingerprint density at radius 1 is 1.29 bits per heavy atom. The van der Waals surface area contributed by atoms with E-state index >= 15 is 0 Å². The van der Waals surface area contributed by atoms with Gasteiger partial charge in [0, 0.05) is 30.4 Å². The zero-order valence-corrected chi connectivity index (χ0v) is 20.5. The zero-order chi connectivity index (χ0) is 19.1. The average Bonchev–Trinajstić information content (AvgIpc) is 3.39. The molecule has 0 amide bonds. The number of guanidine groups is 1. The van der Waals surface area contributed by atoms with Crippen LogP contribution < -0.4 is 15.4 Å². The lowest BCUT2D eigenvalue weighted by molar-refractivity contribution is 0.239. The molecule has 5 nitrogen and oxygen atoms in total. The minimum atomic E-state index is 0. The number of likely N-dealkylation sites (tertiary alicyclic amines) is 1. The van der Waals surface area contributed by atoms with E-state index in [4.69, 9.17) is 4.74 Å². The Kier molecular flexibility index (Phi) is 10.2. The van der Waals surface area contributed by atoms with Crippen molar-refractivity contribution in [2.75, 3.05) is 40.0 Å². The SMILES string of the molecule is CN=C(NCC(c1ccccc1OC)N1CCCC1)NC1CCC(SC)C1.I. The van der Waals surface area contributed by atoms with Crippen LogP contribution in [0.4, 0.5) is 0 Å². The van der Waals surface area contributed by atoms with Crippen molar-refractivity contribution in [1.82, 2.24) is 15.5 Å². The fourth-order valence-electron chi connectivity index (χ4n) is 4.30. The molecule has 1 aromatic rings.